The Morgan fingerprint density at radius 2 is 1.72 bits per heavy atom. The van der Waals surface area contributed by atoms with Gasteiger partial charge in [0.2, 0.25) is 5.91 Å². The van der Waals surface area contributed by atoms with Crippen LogP contribution in [0.5, 0.6) is 5.75 Å². The molecule has 148 valence electrons. The Kier molecular flexibility index (Phi) is 6.36. The zero-order valence-electron chi connectivity index (χ0n) is 15.3. The van der Waals surface area contributed by atoms with Crippen LogP contribution >= 0.6 is 0 Å². The molecular formula is C21H18FN3O4. The van der Waals surface area contributed by atoms with E-state index in [1.165, 1.54) is 36.4 Å². The van der Waals surface area contributed by atoms with Crippen molar-refractivity contribution in [3.8, 4) is 5.75 Å². The van der Waals surface area contributed by atoms with Crippen LogP contribution in [-0.4, -0.2) is 17.4 Å². The molecule has 2 N–H and O–H groups in total. The molecule has 3 aromatic rings. The zero-order valence-corrected chi connectivity index (χ0v) is 15.3. The number of nitro groups is 1. The number of nitro benzene ring substituents is 1. The first-order chi connectivity index (χ1) is 14.0. The number of hydrogen-bond acceptors (Lipinski definition) is 5. The molecule has 0 spiro atoms. The second kappa shape index (κ2) is 9.32. The van der Waals surface area contributed by atoms with Gasteiger partial charge in [-0.3, -0.25) is 14.9 Å². The molecule has 0 saturated heterocycles. The Morgan fingerprint density at radius 3 is 2.41 bits per heavy atom. The Labute approximate surface area is 166 Å². The van der Waals surface area contributed by atoms with Gasteiger partial charge < -0.3 is 15.4 Å². The number of ether oxygens (including phenoxy) is 1. The van der Waals surface area contributed by atoms with Crippen molar-refractivity contribution >= 4 is 23.0 Å². The summed E-state index contributed by atoms with van der Waals surface area (Å²) >= 11 is 0. The van der Waals surface area contributed by atoms with Crippen molar-refractivity contribution in [3.63, 3.8) is 0 Å². The number of anilines is 2. The fourth-order valence-electron chi connectivity index (χ4n) is 2.50. The van der Waals surface area contributed by atoms with E-state index in [-0.39, 0.29) is 24.0 Å². The van der Waals surface area contributed by atoms with Crippen molar-refractivity contribution < 1.29 is 18.8 Å². The average molecular weight is 395 g/mol. The molecule has 0 aliphatic heterocycles. The highest BCUT2D eigenvalue weighted by Crippen LogP contribution is 2.19. The fraction of sp³-hybridized carbons (Fsp3) is 0.0952. The molecule has 8 heteroatoms. The van der Waals surface area contributed by atoms with Crippen LogP contribution in [0.25, 0.3) is 0 Å². The largest absolute Gasteiger partial charge is 0.489 e. The van der Waals surface area contributed by atoms with Crippen LogP contribution in [0.4, 0.5) is 21.5 Å². The number of nitrogens with zero attached hydrogens (tertiary/aromatic N) is 1. The molecular weight excluding hydrogens is 377 g/mol. The Hall–Kier alpha value is -3.94. The molecule has 0 fully saturated rings. The molecule has 0 aliphatic carbocycles. The summed E-state index contributed by atoms with van der Waals surface area (Å²) < 4.78 is 18.6. The van der Waals surface area contributed by atoms with Gasteiger partial charge in [-0.05, 0) is 42.0 Å². The standard InChI is InChI=1S/C21H18FN3O4/c22-16-6-4-15(5-7-16)14-29-20-3-1-2-18(12-20)23-13-21(26)24-17-8-10-19(11-9-17)25(27)28/h1-12,23H,13-14H2,(H,24,26). The summed E-state index contributed by atoms with van der Waals surface area (Å²) in [7, 11) is 0. The molecule has 29 heavy (non-hydrogen) atoms. The summed E-state index contributed by atoms with van der Waals surface area (Å²) in [5.41, 5.74) is 1.96. The van der Waals surface area contributed by atoms with E-state index in [9.17, 15) is 19.3 Å². The molecule has 0 atom stereocenters. The smallest absolute Gasteiger partial charge is 0.269 e. The van der Waals surface area contributed by atoms with E-state index in [1.807, 2.05) is 0 Å². The maximum atomic E-state index is 12.9. The molecule has 0 aromatic heterocycles. The second-order valence-electron chi connectivity index (χ2n) is 6.15. The van der Waals surface area contributed by atoms with Gasteiger partial charge in [-0.2, -0.15) is 0 Å². The molecule has 0 heterocycles. The number of hydrogen-bond donors (Lipinski definition) is 2. The van der Waals surface area contributed by atoms with Gasteiger partial charge in [-0.25, -0.2) is 4.39 Å². The van der Waals surface area contributed by atoms with Gasteiger partial charge in [0.15, 0.2) is 0 Å². The molecule has 7 nitrogen and oxygen atoms in total. The minimum Gasteiger partial charge on any atom is -0.489 e. The first-order valence-corrected chi connectivity index (χ1v) is 8.75. The van der Waals surface area contributed by atoms with Crippen molar-refractivity contribution in [1.82, 2.24) is 0 Å². The van der Waals surface area contributed by atoms with Gasteiger partial charge in [0.1, 0.15) is 18.2 Å². The third-order valence-corrected chi connectivity index (χ3v) is 3.97. The first kappa shape index (κ1) is 19.8. The normalized spacial score (nSPS) is 10.2. The lowest BCUT2D eigenvalue weighted by Gasteiger charge is -2.10. The number of carbonyl (C=O) groups excluding carboxylic acids is 1. The van der Waals surface area contributed by atoms with Crippen LogP contribution in [0.2, 0.25) is 0 Å². The molecule has 3 rings (SSSR count). The SMILES string of the molecule is O=C(CNc1cccc(OCc2ccc(F)cc2)c1)Nc1ccc([N+](=O)[O-])cc1. The Bertz CT molecular complexity index is 992. The Morgan fingerprint density at radius 1 is 1.00 bits per heavy atom. The van der Waals surface area contributed by atoms with Crippen molar-refractivity contribution in [2.45, 2.75) is 6.61 Å². The van der Waals surface area contributed by atoms with Gasteiger partial charge in [-0.15, -0.1) is 0 Å². The van der Waals surface area contributed by atoms with Crippen LogP contribution in [0.15, 0.2) is 72.8 Å². The van der Waals surface area contributed by atoms with Crippen molar-refractivity contribution in [2.75, 3.05) is 17.2 Å². The highest BCUT2D eigenvalue weighted by molar-refractivity contribution is 5.93. The number of nitrogens with one attached hydrogen (secondary N) is 2. The fourth-order valence-corrected chi connectivity index (χ4v) is 2.50. The van der Waals surface area contributed by atoms with Gasteiger partial charge in [0.25, 0.3) is 5.69 Å². The summed E-state index contributed by atoms with van der Waals surface area (Å²) in [6, 6.07) is 18.8. The second-order valence-corrected chi connectivity index (χ2v) is 6.15. The monoisotopic (exact) mass is 395 g/mol. The molecule has 0 bridgehead atoms. The van der Waals surface area contributed by atoms with Crippen molar-refractivity contribution in [1.29, 1.82) is 0 Å². The van der Waals surface area contributed by atoms with E-state index >= 15 is 0 Å². The number of halogens is 1. The van der Waals surface area contributed by atoms with Gasteiger partial charge in [0, 0.05) is 29.6 Å². The number of amides is 1. The van der Waals surface area contributed by atoms with Gasteiger partial charge in [-0.1, -0.05) is 18.2 Å². The minimum absolute atomic E-state index is 0.0123. The van der Waals surface area contributed by atoms with Gasteiger partial charge >= 0.3 is 0 Å². The molecule has 0 aliphatic rings. The highest BCUT2D eigenvalue weighted by atomic mass is 19.1. The van der Waals surface area contributed by atoms with Crippen LogP contribution in [0.3, 0.4) is 0 Å². The van der Waals surface area contributed by atoms with Crippen LogP contribution in [0.1, 0.15) is 5.56 Å². The van der Waals surface area contributed by atoms with Crippen molar-refractivity contribution in [3.05, 3.63) is 94.3 Å². The molecule has 1 amide bonds. The third kappa shape index (κ3) is 6.03. The van der Waals surface area contributed by atoms with Crippen LogP contribution in [0, 0.1) is 15.9 Å². The maximum absolute atomic E-state index is 12.9. The van der Waals surface area contributed by atoms with Crippen LogP contribution < -0.4 is 15.4 Å². The topological polar surface area (TPSA) is 93.5 Å². The van der Waals surface area contributed by atoms with E-state index in [0.717, 1.165) is 5.56 Å². The molecule has 0 radical (unpaired) electrons. The van der Waals surface area contributed by atoms with Crippen molar-refractivity contribution in [2.24, 2.45) is 0 Å². The molecule has 3 aromatic carbocycles. The van der Waals surface area contributed by atoms with E-state index in [2.05, 4.69) is 10.6 Å². The van der Waals surface area contributed by atoms with E-state index in [1.54, 1.807) is 36.4 Å². The zero-order chi connectivity index (χ0) is 20.6. The number of non-ortho nitro benzene ring substituents is 1. The minimum atomic E-state index is -0.502. The summed E-state index contributed by atoms with van der Waals surface area (Å²) in [6.45, 7) is 0.308. The average Bonchev–Trinajstić information content (AvgIpc) is 2.72. The molecule has 0 unspecified atom stereocenters. The first-order valence-electron chi connectivity index (χ1n) is 8.75. The lowest BCUT2D eigenvalue weighted by atomic mass is 10.2. The van der Waals surface area contributed by atoms with E-state index in [0.29, 0.717) is 23.7 Å². The van der Waals surface area contributed by atoms with E-state index < -0.39 is 4.92 Å². The molecule has 0 saturated carbocycles. The van der Waals surface area contributed by atoms with Gasteiger partial charge in [0.05, 0.1) is 11.5 Å². The lowest BCUT2D eigenvalue weighted by molar-refractivity contribution is -0.384. The van der Waals surface area contributed by atoms with E-state index in [4.69, 9.17) is 4.74 Å². The maximum Gasteiger partial charge on any atom is 0.269 e. The Balaban J connectivity index is 1.49. The third-order valence-electron chi connectivity index (χ3n) is 3.97. The summed E-state index contributed by atoms with van der Waals surface area (Å²) in [6.07, 6.45) is 0. The number of rotatable bonds is 8. The number of carbonyl (C=O) groups is 1. The van der Waals surface area contributed by atoms with Crippen LogP contribution in [-0.2, 0) is 11.4 Å². The predicted molar refractivity (Wildman–Crippen MR) is 107 cm³/mol. The summed E-state index contributed by atoms with van der Waals surface area (Å²) in [4.78, 5) is 22.2. The quantitative estimate of drug-likeness (QED) is 0.437. The highest BCUT2D eigenvalue weighted by Gasteiger charge is 2.07. The lowest BCUT2D eigenvalue weighted by Crippen LogP contribution is -2.21. The number of benzene rings is 3. The predicted octanol–water partition coefficient (Wildman–Crippen LogP) is 4.36. The summed E-state index contributed by atoms with van der Waals surface area (Å²) in [5, 5.41) is 16.3. The summed E-state index contributed by atoms with van der Waals surface area (Å²) in [5.74, 6) is 0.0125.